The van der Waals surface area contributed by atoms with Crippen molar-refractivity contribution in [1.82, 2.24) is 10.6 Å². The van der Waals surface area contributed by atoms with E-state index in [2.05, 4.69) is 22.9 Å². The van der Waals surface area contributed by atoms with Crippen LogP contribution in [0.25, 0.3) is 0 Å². The van der Waals surface area contributed by atoms with E-state index in [0.717, 1.165) is 19.3 Å². The van der Waals surface area contributed by atoms with E-state index in [1.165, 1.54) is 0 Å². The Morgan fingerprint density at radius 3 is 2.88 bits per heavy atom. The first-order chi connectivity index (χ1) is 12.0. The second-order valence-electron chi connectivity index (χ2n) is 6.20. The molecule has 1 aliphatic rings. The number of carbonyl (C=O) groups excluding carboxylic acids is 2. The first-order valence-corrected chi connectivity index (χ1v) is 8.71. The Bertz CT molecular complexity index is 606. The van der Waals surface area contributed by atoms with Crippen LogP contribution in [-0.2, 0) is 4.79 Å². The molecule has 1 fully saturated rings. The van der Waals surface area contributed by atoms with Crippen molar-refractivity contribution in [2.75, 3.05) is 25.6 Å². The number of rotatable bonds is 7. The summed E-state index contributed by atoms with van der Waals surface area (Å²) in [5.41, 5.74) is 0.511. The quantitative estimate of drug-likeness (QED) is 0.660. The maximum atomic E-state index is 12.4. The molecule has 7 nitrogen and oxygen atoms in total. The fraction of sp³-hybridized carbons (Fsp3) is 0.556. The van der Waals surface area contributed by atoms with Gasteiger partial charge < -0.3 is 25.4 Å². The Hall–Kier alpha value is -2.44. The van der Waals surface area contributed by atoms with Gasteiger partial charge in [0.1, 0.15) is 17.5 Å². The molecule has 0 saturated carbocycles. The van der Waals surface area contributed by atoms with Gasteiger partial charge in [-0.15, -0.1) is 0 Å². The van der Waals surface area contributed by atoms with Crippen molar-refractivity contribution in [3.8, 4) is 11.5 Å². The summed E-state index contributed by atoms with van der Waals surface area (Å²) in [7, 11) is 1.56. The van der Waals surface area contributed by atoms with Crippen LogP contribution < -0.4 is 25.4 Å². The van der Waals surface area contributed by atoms with Crippen LogP contribution in [0.3, 0.4) is 0 Å². The van der Waals surface area contributed by atoms with Crippen molar-refractivity contribution >= 4 is 17.6 Å². The van der Waals surface area contributed by atoms with Gasteiger partial charge in [-0.05, 0) is 30.9 Å². The fourth-order valence-electron chi connectivity index (χ4n) is 2.65. The summed E-state index contributed by atoms with van der Waals surface area (Å²) in [5.74, 6) is 1.12. The van der Waals surface area contributed by atoms with Gasteiger partial charge in [0.2, 0.25) is 5.91 Å². The fourth-order valence-corrected chi connectivity index (χ4v) is 2.65. The number of hydrogen-bond donors (Lipinski definition) is 3. The largest absolute Gasteiger partial charge is 0.497 e. The number of amides is 3. The molecule has 0 radical (unpaired) electrons. The van der Waals surface area contributed by atoms with E-state index in [-0.39, 0.29) is 11.8 Å². The second-order valence-corrected chi connectivity index (χ2v) is 6.20. The van der Waals surface area contributed by atoms with Crippen LogP contribution in [0.4, 0.5) is 10.5 Å². The Morgan fingerprint density at radius 1 is 1.40 bits per heavy atom. The SMILES string of the molecule is CCCCOc1ccc(OC)cc1NC(=O)N[C@H]1C(=O)NCC[C@H]1C. The van der Waals surface area contributed by atoms with Gasteiger partial charge >= 0.3 is 6.03 Å². The molecule has 2 rings (SSSR count). The zero-order valence-corrected chi connectivity index (χ0v) is 15.1. The van der Waals surface area contributed by atoms with Crippen LogP contribution in [0.5, 0.6) is 11.5 Å². The summed E-state index contributed by atoms with van der Waals surface area (Å²) >= 11 is 0. The van der Waals surface area contributed by atoms with Gasteiger partial charge in [0.15, 0.2) is 0 Å². The number of methoxy groups -OCH3 is 1. The van der Waals surface area contributed by atoms with E-state index >= 15 is 0 Å². The number of carbonyl (C=O) groups is 2. The summed E-state index contributed by atoms with van der Waals surface area (Å²) in [6.45, 7) is 5.25. The molecule has 0 bridgehead atoms. The molecule has 1 saturated heterocycles. The number of nitrogens with one attached hydrogen (secondary N) is 3. The van der Waals surface area contributed by atoms with E-state index in [1.807, 2.05) is 6.92 Å². The Balaban J connectivity index is 2.05. The summed E-state index contributed by atoms with van der Waals surface area (Å²) in [5, 5.41) is 8.28. The highest BCUT2D eigenvalue weighted by Crippen LogP contribution is 2.29. The zero-order chi connectivity index (χ0) is 18.2. The van der Waals surface area contributed by atoms with E-state index in [9.17, 15) is 9.59 Å². The molecule has 2 atom stereocenters. The predicted octanol–water partition coefficient (Wildman–Crippen LogP) is 2.52. The van der Waals surface area contributed by atoms with E-state index in [1.54, 1.807) is 25.3 Å². The molecular formula is C18H27N3O4. The van der Waals surface area contributed by atoms with Gasteiger partial charge in [0, 0.05) is 12.6 Å². The molecule has 138 valence electrons. The highest BCUT2D eigenvalue weighted by atomic mass is 16.5. The minimum Gasteiger partial charge on any atom is -0.497 e. The van der Waals surface area contributed by atoms with Crippen LogP contribution in [-0.4, -0.2) is 38.2 Å². The van der Waals surface area contributed by atoms with Crippen LogP contribution >= 0.6 is 0 Å². The highest BCUT2D eigenvalue weighted by Gasteiger charge is 2.30. The maximum absolute atomic E-state index is 12.4. The average molecular weight is 349 g/mol. The van der Waals surface area contributed by atoms with Crippen molar-refractivity contribution in [2.45, 2.75) is 39.2 Å². The summed E-state index contributed by atoms with van der Waals surface area (Å²) in [6, 6.07) is 4.26. The molecule has 0 aliphatic carbocycles. The maximum Gasteiger partial charge on any atom is 0.320 e. The van der Waals surface area contributed by atoms with Gasteiger partial charge in [0.25, 0.3) is 0 Å². The number of ether oxygens (including phenoxy) is 2. The molecule has 0 unspecified atom stereocenters. The third kappa shape index (κ3) is 5.27. The van der Waals surface area contributed by atoms with Crippen molar-refractivity contribution in [2.24, 2.45) is 5.92 Å². The molecular weight excluding hydrogens is 322 g/mol. The van der Waals surface area contributed by atoms with Crippen LogP contribution in [0.2, 0.25) is 0 Å². The van der Waals surface area contributed by atoms with Crippen molar-refractivity contribution < 1.29 is 19.1 Å². The first kappa shape index (κ1) is 18.9. The highest BCUT2D eigenvalue weighted by molar-refractivity contribution is 5.95. The van der Waals surface area contributed by atoms with Gasteiger partial charge in [-0.25, -0.2) is 4.79 Å². The monoisotopic (exact) mass is 349 g/mol. The first-order valence-electron chi connectivity index (χ1n) is 8.71. The lowest BCUT2D eigenvalue weighted by Crippen LogP contribution is -2.55. The van der Waals surface area contributed by atoms with Crippen LogP contribution in [0.15, 0.2) is 18.2 Å². The normalized spacial score (nSPS) is 19.7. The smallest absolute Gasteiger partial charge is 0.320 e. The van der Waals surface area contributed by atoms with Crippen LogP contribution in [0.1, 0.15) is 33.1 Å². The number of hydrogen-bond acceptors (Lipinski definition) is 4. The molecule has 1 aliphatic heterocycles. The molecule has 3 amide bonds. The van der Waals surface area contributed by atoms with Crippen molar-refractivity contribution in [3.05, 3.63) is 18.2 Å². The predicted molar refractivity (Wildman–Crippen MR) is 96.1 cm³/mol. The van der Waals surface area contributed by atoms with E-state index in [4.69, 9.17) is 9.47 Å². The van der Waals surface area contributed by atoms with E-state index in [0.29, 0.717) is 30.3 Å². The number of benzene rings is 1. The lowest BCUT2D eigenvalue weighted by molar-refractivity contribution is -0.125. The molecule has 0 aromatic heterocycles. The van der Waals surface area contributed by atoms with Crippen LogP contribution in [0, 0.1) is 5.92 Å². The number of anilines is 1. The zero-order valence-electron chi connectivity index (χ0n) is 15.1. The number of urea groups is 1. The molecule has 25 heavy (non-hydrogen) atoms. The summed E-state index contributed by atoms with van der Waals surface area (Å²) in [6.07, 6.45) is 2.78. The molecule has 0 spiro atoms. The summed E-state index contributed by atoms with van der Waals surface area (Å²) < 4.78 is 10.9. The Kier molecular flexibility index (Phi) is 6.91. The minimum absolute atomic E-state index is 0.0880. The molecule has 1 aromatic carbocycles. The number of piperidine rings is 1. The lowest BCUT2D eigenvalue weighted by Gasteiger charge is -2.29. The topological polar surface area (TPSA) is 88.7 Å². The number of unbranched alkanes of at least 4 members (excludes halogenated alkanes) is 1. The molecule has 1 heterocycles. The molecule has 7 heteroatoms. The van der Waals surface area contributed by atoms with Gasteiger partial charge in [-0.2, -0.15) is 0 Å². The van der Waals surface area contributed by atoms with Gasteiger partial charge in [-0.3, -0.25) is 4.79 Å². The Morgan fingerprint density at radius 2 is 2.20 bits per heavy atom. The van der Waals surface area contributed by atoms with Gasteiger partial charge in [0.05, 0.1) is 19.4 Å². The average Bonchev–Trinajstić information content (AvgIpc) is 2.59. The second kappa shape index (κ2) is 9.15. The minimum atomic E-state index is -0.538. The summed E-state index contributed by atoms with van der Waals surface area (Å²) in [4.78, 5) is 24.3. The molecule has 3 N–H and O–H groups in total. The van der Waals surface area contributed by atoms with Crippen molar-refractivity contribution in [3.63, 3.8) is 0 Å². The molecule has 1 aromatic rings. The van der Waals surface area contributed by atoms with Crippen molar-refractivity contribution in [1.29, 1.82) is 0 Å². The Labute approximate surface area is 148 Å². The lowest BCUT2D eigenvalue weighted by atomic mass is 9.94. The third-order valence-corrected chi connectivity index (χ3v) is 4.23. The standard InChI is InChI=1S/C18H27N3O4/c1-4-5-10-25-15-7-6-13(24-3)11-14(15)20-18(23)21-16-12(2)8-9-19-17(16)22/h6-7,11-12,16H,4-5,8-10H2,1-3H3,(H,19,22)(H2,20,21,23)/t12-,16-/m1/s1. The third-order valence-electron chi connectivity index (χ3n) is 4.23. The van der Waals surface area contributed by atoms with Gasteiger partial charge in [-0.1, -0.05) is 20.3 Å². The van der Waals surface area contributed by atoms with E-state index < -0.39 is 12.1 Å².